The molecule has 1 fully saturated rings. The number of fused-ring (bicyclic) bond motifs is 1. The lowest BCUT2D eigenvalue weighted by atomic mass is 10.2. The third-order valence-electron chi connectivity index (χ3n) is 2.87. The van der Waals surface area contributed by atoms with Crippen molar-refractivity contribution in [2.75, 3.05) is 6.61 Å². The highest BCUT2D eigenvalue weighted by Gasteiger charge is 2.19. The van der Waals surface area contributed by atoms with Crippen molar-refractivity contribution in [3.63, 3.8) is 0 Å². The topological polar surface area (TPSA) is 42.3 Å². The molecule has 1 saturated heterocycles. The first-order valence-corrected chi connectivity index (χ1v) is 5.86. The van der Waals surface area contributed by atoms with Crippen LogP contribution in [0.1, 0.15) is 30.3 Å². The molecule has 0 bridgehead atoms. The zero-order valence-corrected chi connectivity index (χ0v) is 9.88. The Balaban J connectivity index is 2.15. The third kappa shape index (κ3) is 1.56. The molecule has 0 aromatic carbocycles. The molecular formula is C11H13N3OS. The van der Waals surface area contributed by atoms with Crippen molar-refractivity contribution in [2.45, 2.75) is 25.9 Å². The first-order valence-electron chi connectivity index (χ1n) is 5.45. The smallest absolute Gasteiger partial charge is 0.154 e. The highest BCUT2D eigenvalue weighted by Crippen LogP contribution is 2.27. The summed E-state index contributed by atoms with van der Waals surface area (Å²) in [5, 5.41) is 3.26. The molecule has 5 heteroatoms. The second-order valence-electron chi connectivity index (χ2n) is 4.14. The fourth-order valence-corrected chi connectivity index (χ4v) is 2.43. The van der Waals surface area contributed by atoms with Crippen LogP contribution < -0.4 is 0 Å². The van der Waals surface area contributed by atoms with Crippen LogP contribution in [0.4, 0.5) is 0 Å². The number of H-pyrrole nitrogens is 1. The van der Waals surface area contributed by atoms with Gasteiger partial charge < -0.3 is 4.74 Å². The van der Waals surface area contributed by atoms with E-state index >= 15 is 0 Å². The summed E-state index contributed by atoms with van der Waals surface area (Å²) < 4.78 is 8.22. The number of hydrogen-bond acceptors (Lipinski definition) is 3. The average molecular weight is 235 g/mol. The normalized spacial score (nSPS) is 20.7. The second-order valence-corrected chi connectivity index (χ2v) is 4.56. The highest BCUT2D eigenvalue weighted by atomic mass is 32.1. The van der Waals surface area contributed by atoms with Crippen molar-refractivity contribution < 1.29 is 4.74 Å². The van der Waals surface area contributed by atoms with Gasteiger partial charge in [0.15, 0.2) is 5.65 Å². The van der Waals surface area contributed by atoms with Gasteiger partial charge in [-0.05, 0) is 25.8 Å². The molecule has 0 radical (unpaired) electrons. The number of aromatic nitrogens is 3. The average Bonchev–Trinajstić information content (AvgIpc) is 2.82. The quantitative estimate of drug-likeness (QED) is 0.772. The Kier molecular flexibility index (Phi) is 2.29. The summed E-state index contributed by atoms with van der Waals surface area (Å²) >= 11 is 5.28. The van der Waals surface area contributed by atoms with E-state index in [1.54, 1.807) is 0 Å². The maximum absolute atomic E-state index is 5.63. The van der Waals surface area contributed by atoms with Gasteiger partial charge in [0.2, 0.25) is 0 Å². The van der Waals surface area contributed by atoms with Gasteiger partial charge in [-0.1, -0.05) is 12.2 Å². The van der Waals surface area contributed by atoms with E-state index in [0.29, 0.717) is 0 Å². The van der Waals surface area contributed by atoms with Gasteiger partial charge in [0.1, 0.15) is 4.64 Å². The van der Waals surface area contributed by atoms with E-state index in [-0.39, 0.29) is 6.10 Å². The van der Waals surface area contributed by atoms with Crippen molar-refractivity contribution in [1.29, 1.82) is 0 Å². The fourth-order valence-electron chi connectivity index (χ4n) is 2.12. The Morgan fingerprint density at radius 2 is 2.44 bits per heavy atom. The van der Waals surface area contributed by atoms with Crippen LogP contribution in [0.5, 0.6) is 0 Å². The number of rotatable bonds is 1. The molecule has 84 valence electrons. The lowest BCUT2D eigenvalue weighted by Crippen LogP contribution is -1.98. The van der Waals surface area contributed by atoms with E-state index in [1.807, 2.05) is 23.6 Å². The Labute approximate surface area is 98.2 Å². The maximum Gasteiger partial charge on any atom is 0.154 e. The minimum Gasteiger partial charge on any atom is -0.372 e. The molecule has 0 amide bonds. The van der Waals surface area contributed by atoms with Crippen LogP contribution in [0.2, 0.25) is 0 Å². The van der Waals surface area contributed by atoms with Crippen LogP contribution in [-0.2, 0) is 4.74 Å². The molecule has 1 aliphatic heterocycles. The fraction of sp³-hybridized carbons (Fsp3) is 0.455. The Morgan fingerprint density at radius 1 is 1.56 bits per heavy atom. The molecule has 1 aliphatic rings. The number of nitrogens with one attached hydrogen (secondary N) is 1. The predicted molar refractivity (Wildman–Crippen MR) is 63.0 cm³/mol. The molecule has 16 heavy (non-hydrogen) atoms. The third-order valence-corrected chi connectivity index (χ3v) is 3.18. The van der Waals surface area contributed by atoms with Crippen molar-refractivity contribution in [2.24, 2.45) is 0 Å². The van der Waals surface area contributed by atoms with Crippen molar-refractivity contribution in [3.8, 4) is 0 Å². The molecule has 2 aromatic rings. The lowest BCUT2D eigenvalue weighted by Gasteiger charge is -2.04. The predicted octanol–water partition coefficient (Wildman–Crippen LogP) is 2.55. The first kappa shape index (κ1) is 9.99. The largest absolute Gasteiger partial charge is 0.372 e. The van der Waals surface area contributed by atoms with Crippen molar-refractivity contribution >= 4 is 17.9 Å². The lowest BCUT2D eigenvalue weighted by molar-refractivity contribution is 0.108. The van der Waals surface area contributed by atoms with Crippen LogP contribution in [0.3, 0.4) is 0 Å². The van der Waals surface area contributed by atoms with Crippen LogP contribution in [-0.4, -0.2) is 21.2 Å². The zero-order chi connectivity index (χ0) is 11.1. The van der Waals surface area contributed by atoms with Gasteiger partial charge in [0.05, 0.1) is 11.8 Å². The standard InChI is InChI=1S/C11H13N3OS/c1-7-5-11(16)14-10(12-7)6-8(13-14)9-3-2-4-15-9/h5-6,9,13H,2-4H2,1H3. The maximum atomic E-state index is 5.63. The monoisotopic (exact) mass is 235 g/mol. The molecule has 0 spiro atoms. The zero-order valence-electron chi connectivity index (χ0n) is 9.06. The minimum atomic E-state index is 0.177. The summed E-state index contributed by atoms with van der Waals surface area (Å²) in [5.41, 5.74) is 2.89. The summed E-state index contributed by atoms with van der Waals surface area (Å²) in [4.78, 5) is 4.44. The SMILES string of the molecule is Cc1cc(=S)n2[nH]c(C3CCCO3)cc2n1. The molecule has 1 N–H and O–H groups in total. The van der Waals surface area contributed by atoms with E-state index in [1.165, 1.54) is 0 Å². The number of hydrogen-bond donors (Lipinski definition) is 1. The van der Waals surface area contributed by atoms with Gasteiger partial charge >= 0.3 is 0 Å². The Morgan fingerprint density at radius 3 is 3.19 bits per heavy atom. The van der Waals surface area contributed by atoms with Gasteiger partial charge in [-0.3, -0.25) is 5.10 Å². The van der Waals surface area contributed by atoms with Crippen molar-refractivity contribution in [3.05, 3.63) is 28.2 Å². The minimum absolute atomic E-state index is 0.177. The van der Waals surface area contributed by atoms with Gasteiger partial charge in [-0.25, -0.2) is 9.50 Å². The molecule has 0 saturated carbocycles. The summed E-state index contributed by atoms with van der Waals surface area (Å²) in [5.74, 6) is 0. The molecule has 1 unspecified atom stereocenters. The molecule has 2 aromatic heterocycles. The summed E-state index contributed by atoms with van der Waals surface area (Å²) in [7, 11) is 0. The van der Waals surface area contributed by atoms with Crippen LogP contribution in [0, 0.1) is 11.6 Å². The van der Waals surface area contributed by atoms with Crippen LogP contribution in [0.25, 0.3) is 5.65 Å². The van der Waals surface area contributed by atoms with Gasteiger partial charge in [-0.2, -0.15) is 0 Å². The van der Waals surface area contributed by atoms with E-state index in [2.05, 4.69) is 10.1 Å². The molecule has 1 atom stereocenters. The number of ether oxygens (including phenoxy) is 1. The van der Waals surface area contributed by atoms with E-state index in [0.717, 1.165) is 41.1 Å². The second kappa shape index (κ2) is 3.68. The van der Waals surface area contributed by atoms with E-state index < -0.39 is 0 Å². The van der Waals surface area contributed by atoms with E-state index in [4.69, 9.17) is 17.0 Å². The van der Waals surface area contributed by atoms with Gasteiger partial charge in [-0.15, -0.1) is 0 Å². The van der Waals surface area contributed by atoms with Crippen molar-refractivity contribution in [1.82, 2.24) is 14.6 Å². The summed E-state index contributed by atoms with van der Waals surface area (Å²) in [6.45, 7) is 2.80. The van der Waals surface area contributed by atoms with Gasteiger partial charge in [0.25, 0.3) is 0 Å². The molecule has 3 rings (SSSR count). The molecule has 3 heterocycles. The Hall–Kier alpha value is -1.20. The molecule has 4 nitrogen and oxygen atoms in total. The highest BCUT2D eigenvalue weighted by molar-refractivity contribution is 7.71. The van der Waals surface area contributed by atoms with Crippen LogP contribution >= 0.6 is 12.2 Å². The summed E-state index contributed by atoms with van der Waals surface area (Å²) in [6.07, 6.45) is 2.37. The number of aryl methyl sites for hydroxylation is 1. The number of nitrogens with zero attached hydrogens (tertiary/aromatic N) is 2. The number of aromatic amines is 1. The van der Waals surface area contributed by atoms with Crippen LogP contribution in [0.15, 0.2) is 12.1 Å². The Bertz CT molecular complexity index is 580. The van der Waals surface area contributed by atoms with E-state index in [9.17, 15) is 0 Å². The first-order chi connectivity index (χ1) is 7.74. The van der Waals surface area contributed by atoms with Gasteiger partial charge in [0, 0.05) is 18.4 Å². The molecular weight excluding hydrogens is 222 g/mol. The molecule has 0 aliphatic carbocycles. The summed E-state index contributed by atoms with van der Waals surface area (Å²) in [6, 6.07) is 3.91.